The molecule has 0 aliphatic carbocycles. The predicted octanol–water partition coefficient (Wildman–Crippen LogP) is 5.83. The first kappa shape index (κ1) is 25.9. The van der Waals surface area contributed by atoms with Crippen molar-refractivity contribution in [3.05, 3.63) is 89.0 Å². The van der Waals surface area contributed by atoms with E-state index in [4.69, 9.17) is 4.74 Å². The van der Waals surface area contributed by atoms with Crippen LogP contribution in [0.4, 0.5) is 21.9 Å². The number of rotatable bonds is 8. The zero-order chi connectivity index (χ0) is 26.4. The Labute approximate surface area is 217 Å². The van der Waals surface area contributed by atoms with Crippen LogP contribution in [0.25, 0.3) is 0 Å². The Bertz CT molecular complexity index is 1290. The molecule has 1 atom stereocenters. The van der Waals surface area contributed by atoms with Gasteiger partial charge in [-0.1, -0.05) is 49.4 Å². The van der Waals surface area contributed by atoms with Gasteiger partial charge in [0.15, 0.2) is 0 Å². The Morgan fingerprint density at radius 2 is 1.76 bits per heavy atom. The lowest BCUT2D eigenvalue weighted by Crippen LogP contribution is -2.30. The van der Waals surface area contributed by atoms with Crippen molar-refractivity contribution in [3.63, 3.8) is 0 Å². The van der Waals surface area contributed by atoms with Gasteiger partial charge < -0.3 is 20.3 Å². The van der Waals surface area contributed by atoms with Gasteiger partial charge in [-0.05, 0) is 72.7 Å². The number of esters is 1. The fraction of sp³-hybridized carbons (Fsp3) is 0.300. The average molecular weight is 500 g/mol. The van der Waals surface area contributed by atoms with Gasteiger partial charge in [-0.15, -0.1) is 0 Å². The van der Waals surface area contributed by atoms with Gasteiger partial charge in [-0.3, -0.25) is 9.59 Å². The molecule has 1 heterocycles. The lowest BCUT2D eigenvalue weighted by atomic mass is 9.95. The molecule has 0 radical (unpaired) electrons. The predicted molar refractivity (Wildman–Crippen MR) is 146 cm³/mol. The number of aryl methyl sites for hydroxylation is 1. The molecule has 0 saturated heterocycles. The molecule has 0 saturated carbocycles. The van der Waals surface area contributed by atoms with Crippen molar-refractivity contribution in [2.24, 2.45) is 0 Å². The fourth-order valence-electron chi connectivity index (χ4n) is 4.55. The topological polar surface area (TPSA) is 87.7 Å². The Morgan fingerprint density at radius 3 is 2.49 bits per heavy atom. The molecule has 1 aliphatic heterocycles. The number of hydrogen-bond acceptors (Lipinski definition) is 4. The lowest BCUT2D eigenvalue weighted by molar-refractivity contribution is -0.143. The standard InChI is InChI=1S/C30H33N3O4/c1-4-37-29(35)17-21(3)23-11-14-27-24(19-23)15-16-33(27)28(34)18-22-9-12-25(13-10-22)31-30(36)32-26-8-6-5-7-20(26)2/h5-14,19,21H,4,15-18H2,1-3H3,(H2,31,32,36). The van der Waals surface area contributed by atoms with Crippen molar-refractivity contribution in [2.75, 3.05) is 28.7 Å². The highest BCUT2D eigenvalue weighted by Gasteiger charge is 2.25. The molecule has 0 bridgehead atoms. The number of carbonyl (C=O) groups excluding carboxylic acids is 3. The summed E-state index contributed by atoms with van der Waals surface area (Å²) in [5, 5.41) is 5.67. The minimum atomic E-state index is -0.317. The second-order valence-corrected chi connectivity index (χ2v) is 9.36. The van der Waals surface area contributed by atoms with Gasteiger partial charge in [0.1, 0.15) is 0 Å². The normalized spacial score (nSPS) is 13.0. The SMILES string of the molecule is CCOC(=O)CC(C)c1ccc2c(c1)CCN2C(=O)Cc1ccc(NC(=O)Nc2ccccc2C)cc1. The van der Waals surface area contributed by atoms with Crippen molar-refractivity contribution in [1.82, 2.24) is 0 Å². The molecule has 37 heavy (non-hydrogen) atoms. The van der Waals surface area contributed by atoms with Crippen molar-refractivity contribution in [3.8, 4) is 0 Å². The van der Waals surface area contributed by atoms with E-state index in [9.17, 15) is 14.4 Å². The largest absolute Gasteiger partial charge is 0.466 e. The highest BCUT2D eigenvalue weighted by molar-refractivity contribution is 6.00. The van der Waals surface area contributed by atoms with Crippen LogP contribution >= 0.6 is 0 Å². The Kier molecular flexibility index (Phi) is 8.23. The van der Waals surface area contributed by atoms with E-state index in [-0.39, 0.29) is 30.2 Å². The third-order valence-corrected chi connectivity index (χ3v) is 6.61. The van der Waals surface area contributed by atoms with Crippen LogP contribution in [0.15, 0.2) is 66.7 Å². The van der Waals surface area contributed by atoms with E-state index in [1.165, 1.54) is 0 Å². The van der Waals surface area contributed by atoms with Crippen LogP contribution in [0, 0.1) is 6.92 Å². The van der Waals surface area contributed by atoms with Crippen LogP contribution in [0.3, 0.4) is 0 Å². The van der Waals surface area contributed by atoms with E-state index >= 15 is 0 Å². The van der Waals surface area contributed by atoms with Crippen molar-refractivity contribution in [1.29, 1.82) is 0 Å². The third-order valence-electron chi connectivity index (χ3n) is 6.61. The number of benzene rings is 3. The summed E-state index contributed by atoms with van der Waals surface area (Å²) in [4.78, 5) is 39.1. The third kappa shape index (κ3) is 6.55. The summed E-state index contributed by atoms with van der Waals surface area (Å²) in [5.41, 5.74) is 6.41. The first-order valence-corrected chi connectivity index (χ1v) is 12.7. The summed E-state index contributed by atoms with van der Waals surface area (Å²) in [6.07, 6.45) is 1.41. The molecule has 3 aromatic rings. The molecular weight excluding hydrogens is 466 g/mol. The molecule has 0 aromatic heterocycles. The second kappa shape index (κ2) is 11.7. The summed E-state index contributed by atoms with van der Waals surface area (Å²) in [5.74, 6) is -0.107. The summed E-state index contributed by atoms with van der Waals surface area (Å²) in [7, 11) is 0. The van der Waals surface area contributed by atoms with E-state index in [0.29, 0.717) is 25.3 Å². The summed E-state index contributed by atoms with van der Waals surface area (Å²) < 4.78 is 5.07. The van der Waals surface area contributed by atoms with Crippen molar-refractivity contribution in [2.45, 2.75) is 46.0 Å². The number of carbonyl (C=O) groups is 3. The molecule has 7 heteroatoms. The number of nitrogens with one attached hydrogen (secondary N) is 2. The average Bonchev–Trinajstić information content (AvgIpc) is 3.30. The van der Waals surface area contributed by atoms with E-state index < -0.39 is 0 Å². The molecule has 1 unspecified atom stereocenters. The van der Waals surface area contributed by atoms with Gasteiger partial charge >= 0.3 is 12.0 Å². The number of urea groups is 1. The molecule has 0 fully saturated rings. The van der Waals surface area contributed by atoms with Gasteiger partial charge in [-0.25, -0.2) is 4.79 Å². The lowest BCUT2D eigenvalue weighted by Gasteiger charge is -2.19. The number of anilines is 3. The van der Waals surface area contributed by atoms with Crippen LogP contribution < -0.4 is 15.5 Å². The zero-order valence-corrected chi connectivity index (χ0v) is 21.5. The monoisotopic (exact) mass is 499 g/mol. The quantitative estimate of drug-likeness (QED) is 0.382. The van der Waals surface area contributed by atoms with Crippen LogP contribution in [0.5, 0.6) is 0 Å². The van der Waals surface area contributed by atoms with E-state index in [2.05, 4.69) is 16.7 Å². The smallest absolute Gasteiger partial charge is 0.323 e. The van der Waals surface area contributed by atoms with Crippen LogP contribution in [-0.2, 0) is 27.2 Å². The Morgan fingerprint density at radius 1 is 1.00 bits per heavy atom. The molecule has 0 spiro atoms. The molecular formula is C30H33N3O4. The van der Waals surface area contributed by atoms with Crippen molar-refractivity contribution < 1.29 is 19.1 Å². The van der Waals surface area contributed by atoms with Crippen molar-refractivity contribution >= 4 is 35.0 Å². The number of amides is 3. The zero-order valence-electron chi connectivity index (χ0n) is 21.5. The van der Waals surface area contributed by atoms with Gasteiger partial charge in [0.2, 0.25) is 5.91 Å². The number of ether oxygens (including phenoxy) is 1. The molecule has 7 nitrogen and oxygen atoms in total. The maximum atomic E-state index is 13.1. The summed E-state index contributed by atoms with van der Waals surface area (Å²) >= 11 is 0. The highest BCUT2D eigenvalue weighted by atomic mass is 16.5. The number of para-hydroxylation sites is 1. The number of hydrogen-bond donors (Lipinski definition) is 2. The maximum Gasteiger partial charge on any atom is 0.323 e. The van der Waals surface area contributed by atoms with Gasteiger partial charge in [0.25, 0.3) is 0 Å². The molecule has 1 aliphatic rings. The van der Waals surface area contributed by atoms with Crippen LogP contribution in [0.2, 0.25) is 0 Å². The van der Waals surface area contributed by atoms with E-state index in [1.54, 1.807) is 19.1 Å². The minimum Gasteiger partial charge on any atom is -0.466 e. The number of nitrogens with zero attached hydrogens (tertiary/aromatic N) is 1. The van der Waals surface area contributed by atoms with Crippen LogP contribution in [-0.4, -0.2) is 31.1 Å². The summed E-state index contributed by atoms with van der Waals surface area (Å²) in [6.45, 7) is 6.78. The first-order chi connectivity index (χ1) is 17.8. The Balaban J connectivity index is 1.33. The number of fused-ring (bicyclic) bond motifs is 1. The molecule has 192 valence electrons. The highest BCUT2D eigenvalue weighted by Crippen LogP contribution is 2.32. The van der Waals surface area contributed by atoms with Gasteiger partial charge in [-0.2, -0.15) is 0 Å². The van der Waals surface area contributed by atoms with Gasteiger partial charge in [0.05, 0.1) is 19.4 Å². The van der Waals surface area contributed by atoms with Crippen LogP contribution in [0.1, 0.15) is 48.4 Å². The molecule has 3 aromatic carbocycles. The molecule has 4 rings (SSSR count). The second-order valence-electron chi connectivity index (χ2n) is 9.36. The molecule has 2 N–H and O–H groups in total. The van der Waals surface area contributed by atoms with E-state index in [1.807, 2.05) is 67.3 Å². The van der Waals surface area contributed by atoms with E-state index in [0.717, 1.165) is 40.0 Å². The summed E-state index contributed by atoms with van der Waals surface area (Å²) in [6, 6.07) is 20.7. The molecule has 3 amide bonds. The minimum absolute atomic E-state index is 0.0316. The van der Waals surface area contributed by atoms with Gasteiger partial charge in [0, 0.05) is 23.6 Å². The Hall–Kier alpha value is -4.13. The maximum absolute atomic E-state index is 13.1. The first-order valence-electron chi connectivity index (χ1n) is 12.7. The fourth-order valence-corrected chi connectivity index (χ4v) is 4.55.